The zero-order valence-electron chi connectivity index (χ0n) is 14.1. The normalized spacial score (nSPS) is 31.5. The number of piperidine rings is 1. The fraction of sp³-hybridized carbons (Fsp3) is 0.562. The van der Waals surface area contributed by atoms with Crippen molar-refractivity contribution < 1.29 is 23.9 Å². The Morgan fingerprint density at radius 1 is 1.24 bits per heavy atom. The lowest BCUT2D eigenvalue weighted by molar-refractivity contribution is -0.155. The second kappa shape index (κ2) is 6.66. The molecule has 0 aromatic carbocycles. The van der Waals surface area contributed by atoms with E-state index >= 15 is 0 Å². The van der Waals surface area contributed by atoms with Gasteiger partial charge in [0.1, 0.15) is 0 Å². The fourth-order valence-corrected chi connectivity index (χ4v) is 3.52. The minimum Gasteiger partial charge on any atom is -0.480 e. The molecule has 3 aliphatic rings. The van der Waals surface area contributed by atoms with Crippen LogP contribution in [0.15, 0.2) is 23.4 Å². The van der Waals surface area contributed by atoms with E-state index in [0.717, 1.165) is 19.2 Å². The van der Waals surface area contributed by atoms with Crippen molar-refractivity contribution in [2.45, 2.75) is 18.3 Å². The number of rotatable bonds is 3. The van der Waals surface area contributed by atoms with E-state index in [4.69, 9.17) is 0 Å². The number of carbonyl (C=O) groups excluding carboxylic acids is 2. The van der Waals surface area contributed by atoms with Crippen molar-refractivity contribution in [1.82, 2.24) is 20.2 Å². The van der Waals surface area contributed by atoms with Gasteiger partial charge in [0.2, 0.25) is 11.6 Å². The van der Waals surface area contributed by atoms with E-state index in [-0.39, 0.29) is 5.57 Å². The molecule has 2 saturated heterocycles. The molecule has 1 aliphatic carbocycles. The molecule has 0 aromatic heterocycles. The molecule has 3 atom stereocenters. The number of hydrogen-bond donors (Lipinski definition) is 2. The summed E-state index contributed by atoms with van der Waals surface area (Å²) in [7, 11) is 3.46. The summed E-state index contributed by atoms with van der Waals surface area (Å²) in [5.74, 6) is -3.41. The fourth-order valence-electron chi connectivity index (χ4n) is 3.52. The van der Waals surface area contributed by atoms with Gasteiger partial charge in [-0.2, -0.15) is 0 Å². The topological polar surface area (TPSA) is 93.2 Å². The van der Waals surface area contributed by atoms with E-state index in [1.807, 2.05) is 11.9 Å². The van der Waals surface area contributed by atoms with Crippen LogP contribution in [0.25, 0.3) is 0 Å². The highest BCUT2D eigenvalue weighted by atomic mass is 19.1. The number of Topliss-reactive ketones (excluding diaryl/α,β-unsaturated/α-hetero) is 2. The van der Waals surface area contributed by atoms with Gasteiger partial charge >= 0.3 is 5.97 Å². The molecular formula is C16H21FN4O4. The van der Waals surface area contributed by atoms with Crippen LogP contribution in [0.5, 0.6) is 0 Å². The smallest absolute Gasteiger partial charge is 0.330 e. The van der Waals surface area contributed by atoms with Crippen molar-refractivity contribution in [3.63, 3.8) is 0 Å². The Labute approximate surface area is 144 Å². The third-order valence-electron chi connectivity index (χ3n) is 4.93. The SMILES string of the molecule is CNN1C2C=C(N3CCN(C)CC3)C(F)C=C2C(=O)C(=O)C1C(=O)O. The van der Waals surface area contributed by atoms with Crippen molar-refractivity contribution in [3.05, 3.63) is 23.4 Å². The molecule has 25 heavy (non-hydrogen) atoms. The lowest BCUT2D eigenvalue weighted by atomic mass is 9.84. The number of carboxylic acids is 1. The number of halogens is 1. The Hall–Kier alpha value is -2.10. The second-order valence-corrected chi connectivity index (χ2v) is 6.42. The molecule has 0 bridgehead atoms. The summed E-state index contributed by atoms with van der Waals surface area (Å²) in [4.78, 5) is 39.9. The lowest BCUT2D eigenvalue weighted by Gasteiger charge is -2.42. The van der Waals surface area contributed by atoms with Crippen LogP contribution >= 0.6 is 0 Å². The van der Waals surface area contributed by atoms with Crippen LogP contribution in [0.4, 0.5) is 4.39 Å². The van der Waals surface area contributed by atoms with E-state index in [2.05, 4.69) is 10.3 Å². The van der Waals surface area contributed by atoms with E-state index in [0.29, 0.717) is 18.8 Å². The molecule has 9 heteroatoms. The molecule has 0 aromatic rings. The first kappa shape index (κ1) is 17.7. The number of carbonyl (C=O) groups is 3. The van der Waals surface area contributed by atoms with Gasteiger partial charge in [0.05, 0.1) is 11.7 Å². The van der Waals surface area contributed by atoms with Gasteiger partial charge < -0.3 is 14.9 Å². The van der Waals surface area contributed by atoms with Crippen LogP contribution in [0.1, 0.15) is 0 Å². The molecule has 0 amide bonds. The summed E-state index contributed by atoms with van der Waals surface area (Å²) in [5, 5.41) is 10.5. The number of ketones is 2. The third kappa shape index (κ3) is 2.99. The number of piperazine rings is 1. The predicted molar refractivity (Wildman–Crippen MR) is 86.3 cm³/mol. The summed E-state index contributed by atoms with van der Waals surface area (Å²) in [6.07, 6.45) is 1.20. The van der Waals surface area contributed by atoms with Gasteiger partial charge in [-0.1, -0.05) is 0 Å². The average molecular weight is 352 g/mol. The summed E-state index contributed by atoms with van der Waals surface area (Å²) in [5.41, 5.74) is 3.07. The first-order valence-electron chi connectivity index (χ1n) is 8.13. The molecular weight excluding hydrogens is 331 g/mol. The second-order valence-electron chi connectivity index (χ2n) is 6.42. The van der Waals surface area contributed by atoms with Crippen LogP contribution in [-0.4, -0.2) is 96.0 Å². The Balaban J connectivity index is 1.95. The van der Waals surface area contributed by atoms with Crippen LogP contribution < -0.4 is 5.43 Å². The Kier molecular flexibility index (Phi) is 4.72. The number of nitrogens with zero attached hydrogens (tertiary/aromatic N) is 3. The highest BCUT2D eigenvalue weighted by Gasteiger charge is 2.49. The number of likely N-dealkylation sites (N-methyl/N-ethyl adjacent to an activating group) is 1. The highest BCUT2D eigenvalue weighted by molar-refractivity contribution is 6.49. The lowest BCUT2D eigenvalue weighted by Crippen LogP contribution is -2.64. The van der Waals surface area contributed by atoms with Crippen molar-refractivity contribution in [2.75, 3.05) is 40.3 Å². The summed E-state index contributed by atoms with van der Waals surface area (Å²) in [6, 6.07) is -2.42. The van der Waals surface area contributed by atoms with Gasteiger partial charge in [-0.3, -0.25) is 15.0 Å². The van der Waals surface area contributed by atoms with E-state index in [1.54, 1.807) is 6.08 Å². The monoisotopic (exact) mass is 352 g/mol. The molecule has 3 unspecified atom stereocenters. The number of aliphatic carboxylic acids is 1. The minimum absolute atomic E-state index is 0.0118. The number of allylic oxidation sites excluding steroid dienone is 1. The van der Waals surface area contributed by atoms with Gasteiger partial charge in [0, 0.05) is 31.8 Å². The number of alkyl halides is 1. The first-order valence-corrected chi connectivity index (χ1v) is 8.13. The molecule has 2 aliphatic heterocycles. The zero-order chi connectivity index (χ0) is 18.3. The molecule has 136 valence electrons. The van der Waals surface area contributed by atoms with Gasteiger partial charge in [-0.05, 0) is 26.2 Å². The van der Waals surface area contributed by atoms with Crippen LogP contribution in [-0.2, 0) is 14.4 Å². The Bertz CT molecular complexity index is 669. The molecule has 3 rings (SSSR count). The van der Waals surface area contributed by atoms with Gasteiger partial charge in [-0.25, -0.2) is 14.2 Å². The van der Waals surface area contributed by atoms with Gasteiger partial charge in [0.25, 0.3) is 0 Å². The third-order valence-corrected chi connectivity index (χ3v) is 4.93. The number of fused-ring (bicyclic) bond motifs is 1. The van der Waals surface area contributed by atoms with Crippen LogP contribution in [0.3, 0.4) is 0 Å². The van der Waals surface area contributed by atoms with Crippen molar-refractivity contribution in [3.8, 4) is 0 Å². The standard InChI is InChI=1S/C16H21FN4O4/c1-18-21-11-8-12(20-5-3-19(2)4-6-20)10(17)7-9(11)14(22)15(23)13(21)16(24)25/h7-8,10-11,13,18H,3-6H2,1-2H3,(H,24,25). The van der Waals surface area contributed by atoms with E-state index in [1.165, 1.54) is 12.1 Å². The summed E-state index contributed by atoms with van der Waals surface area (Å²) in [6.45, 7) is 2.87. The molecule has 0 spiro atoms. The van der Waals surface area contributed by atoms with Crippen molar-refractivity contribution in [1.29, 1.82) is 0 Å². The molecule has 0 radical (unpaired) electrons. The number of nitrogens with one attached hydrogen (secondary N) is 1. The average Bonchev–Trinajstić information content (AvgIpc) is 2.58. The predicted octanol–water partition coefficient (Wildman–Crippen LogP) is -1.19. The minimum atomic E-state index is -1.62. The van der Waals surface area contributed by atoms with Gasteiger partial charge in [-0.15, -0.1) is 0 Å². The Morgan fingerprint density at radius 2 is 1.88 bits per heavy atom. The number of carboxylic acid groups (broad SMARTS) is 1. The quantitative estimate of drug-likeness (QED) is 0.484. The molecule has 2 fully saturated rings. The molecule has 8 nitrogen and oxygen atoms in total. The maximum Gasteiger partial charge on any atom is 0.330 e. The van der Waals surface area contributed by atoms with Crippen molar-refractivity contribution >= 4 is 17.5 Å². The molecule has 0 saturated carbocycles. The Morgan fingerprint density at radius 3 is 2.44 bits per heavy atom. The number of hydrogen-bond acceptors (Lipinski definition) is 7. The highest BCUT2D eigenvalue weighted by Crippen LogP contribution is 2.31. The van der Waals surface area contributed by atoms with Crippen molar-refractivity contribution in [2.24, 2.45) is 0 Å². The van der Waals surface area contributed by atoms with Crippen LogP contribution in [0, 0.1) is 0 Å². The maximum atomic E-state index is 14.7. The molecule has 2 N–H and O–H groups in total. The maximum absolute atomic E-state index is 14.7. The van der Waals surface area contributed by atoms with Crippen LogP contribution in [0.2, 0.25) is 0 Å². The summed E-state index contributed by atoms with van der Waals surface area (Å²) < 4.78 is 14.7. The zero-order valence-corrected chi connectivity index (χ0v) is 14.1. The molecule has 2 heterocycles. The summed E-state index contributed by atoms with van der Waals surface area (Å²) >= 11 is 0. The van der Waals surface area contributed by atoms with E-state index < -0.39 is 35.8 Å². The van der Waals surface area contributed by atoms with E-state index in [9.17, 15) is 23.9 Å². The first-order chi connectivity index (χ1) is 11.8. The largest absolute Gasteiger partial charge is 0.480 e. The number of hydrazine groups is 1. The van der Waals surface area contributed by atoms with Gasteiger partial charge in [0.15, 0.2) is 12.2 Å².